The molecule has 11 nitrogen and oxygen atoms in total. The van der Waals surface area contributed by atoms with Gasteiger partial charge >= 0.3 is 5.97 Å². The van der Waals surface area contributed by atoms with E-state index in [4.69, 9.17) is 4.74 Å². The van der Waals surface area contributed by atoms with E-state index in [1.54, 1.807) is 27.7 Å². The maximum Gasteiger partial charge on any atom is 0.335 e. The van der Waals surface area contributed by atoms with Gasteiger partial charge < -0.3 is 25.2 Å². The number of carboxylic acid groups (broad SMARTS) is 1. The van der Waals surface area contributed by atoms with E-state index < -0.39 is 47.4 Å². The van der Waals surface area contributed by atoms with E-state index in [2.05, 4.69) is 17.2 Å². The minimum absolute atomic E-state index is 0.243. The number of nitrogens with zero attached hydrogens (tertiary/aromatic N) is 5. The van der Waals surface area contributed by atoms with Gasteiger partial charge in [-0.25, -0.2) is 9.36 Å². The summed E-state index contributed by atoms with van der Waals surface area (Å²) in [4.78, 5) is 11.4. The Morgan fingerprint density at radius 1 is 1.06 bits per heavy atom. The van der Waals surface area contributed by atoms with Crippen molar-refractivity contribution in [2.45, 2.75) is 75.7 Å². The molecule has 0 saturated carbocycles. The lowest BCUT2D eigenvalue weighted by atomic mass is 9.79. The second-order valence-electron chi connectivity index (χ2n) is 9.54. The number of carboxylic acids is 1. The van der Waals surface area contributed by atoms with Gasteiger partial charge in [0.15, 0.2) is 6.10 Å². The molecule has 34 heavy (non-hydrogen) atoms. The maximum absolute atomic E-state index is 11.4. The van der Waals surface area contributed by atoms with E-state index >= 15 is 0 Å². The van der Waals surface area contributed by atoms with Crippen molar-refractivity contribution in [3.05, 3.63) is 47.5 Å². The second-order valence-corrected chi connectivity index (χ2v) is 9.54. The molecule has 0 spiro atoms. The van der Waals surface area contributed by atoms with Gasteiger partial charge in [-0.3, -0.25) is 0 Å². The zero-order valence-electron chi connectivity index (χ0n) is 19.3. The number of aromatic nitrogens is 3. The highest BCUT2D eigenvalue weighted by Gasteiger charge is 2.49. The van der Waals surface area contributed by atoms with Crippen molar-refractivity contribution in [1.82, 2.24) is 9.78 Å². The van der Waals surface area contributed by atoms with E-state index in [1.807, 2.05) is 18.2 Å². The van der Waals surface area contributed by atoms with Crippen LogP contribution in [0.3, 0.4) is 0 Å². The first kappa shape index (κ1) is 25.3. The number of benzene rings is 1. The SMILES string of the molecule is CC(C)(C#N)c1cc(Cn2c[n+]([C@@H]3O[C@H](C(=O)O)[C@@H](O)[C@H](O)[C@H]3O)cn2)cc(C(C)(C)C#N)c1. The van der Waals surface area contributed by atoms with Gasteiger partial charge in [0.2, 0.25) is 12.6 Å². The van der Waals surface area contributed by atoms with Crippen molar-refractivity contribution in [3.8, 4) is 12.1 Å². The molecule has 0 unspecified atom stereocenters. The molecule has 1 aliphatic heterocycles. The number of hydrogen-bond acceptors (Lipinski definition) is 8. The summed E-state index contributed by atoms with van der Waals surface area (Å²) < 4.78 is 8.14. The lowest BCUT2D eigenvalue weighted by Gasteiger charge is -2.37. The highest BCUT2D eigenvalue weighted by Crippen LogP contribution is 2.31. The molecule has 1 aromatic carbocycles. The Hall–Kier alpha value is -3.35. The van der Waals surface area contributed by atoms with Gasteiger partial charge in [-0.2, -0.15) is 10.5 Å². The number of carbonyl (C=O) groups is 1. The zero-order valence-corrected chi connectivity index (χ0v) is 19.3. The summed E-state index contributed by atoms with van der Waals surface area (Å²) in [6.07, 6.45) is -5.33. The lowest BCUT2D eigenvalue weighted by Crippen LogP contribution is -2.63. The van der Waals surface area contributed by atoms with Crippen LogP contribution in [-0.2, 0) is 26.9 Å². The molecule has 0 amide bonds. The third kappa shape index (κ3) is 4.79. The standard InChI is InChI=1S/C23H27N5O6/c1-22(2,9-24)14-5-13(6-15(7-14)23(3,4)10-25)8-28-12-27(11-26-28)20-18(31)16(29)17(30)19(34-20)21(32)33/h5-7,11-12,16-20,29-31H,8H2,1-4H3/p+1/t16-,17-,18+,19-,20+/m0/s1. The van der Waals surface area contributed by atoms with E-state index in [-0.39, 0.29) is 6.54 Å². The molecule has 11 heteroatoms. The topological polar surface area (TPSA) is 176 Å². The Morgan fingerprint density at radius 2 is 1.62 bits per heavy atom. The third-order valence-corrected chi connectivity index (χ3v) is 6.07. The number of aliphatic hydroxyl groups is 3. The maximum atomic E-state index is 11.4. The molecule has 0 aliphatic carbocycles. The van der Waals surface area contributed by atoms with Crippen molar-refractivity contribution in [2.75, 3.05) is 0 Å². The highest BCUT2D eigenvalue weighted by molar-refractivity contribution is 5.73. The lowest BCUT2D eigenvalue weighted by molar-refractivity contribution is -0.777. The molecule has 4 N–H and O–H groups in total. The van der Waals surface area contributed by atoms with Gasteiger partial charge in [0.25, 0.3) is 6.33 Å². The Kier molecular flexibility index (Phi) is 6.78. The first-order chi connectivity index (χ1) is 15.8. The van der Waals surface area contributed by atoms with Gasteiger partial charge in [-0.15, -0.1) is 4.68 Å². The summed E-state index contributed by atoms with van der Waals surface area (Å²) in [6.45, 7) is 7.40. The van der Waals surface area contributed by atoms with Crippen molar-refractivity contribution >= 4 is 5.97 Å². The Labute approximate surface area is 196 Å². The van der Waals surface area contributed by atoms with Crippen LogP contribution in [0, 0.1) is 22.7 Å². The first-order valence-electron chi connectivity index (χ1n) is 10.6. The van der Waals surface area contributed by atoms with Crippen LogP contribution in [0.1, 0.15) is 50.6 Å². The number of nitriles is 2. The zero-order chi connectivity index (χ0) is 25.4. The summed E-state index contributed by atoms with van der Waals surface area (Å²) in [5.41, 5.74) is 0.696. The fourth-order valence-electron chi connectivity index (χ4n) is 3.69. The van der Waals surface area contributed by atoms with Crippen LogP contribution in [0.2, 0.25) is 0 Å². The fourth-order valence-corrected chi connectivity index (χ4v) is 3.69. The highest BCUT2D eigenvalue weighted by atomic mass is 16.6. The van der Waals surface area contributed by atoms with Gasteiger partial charge in [0.05, 0.1) is 23.0 Å². The summed E-state index contributed by atoms with van der Waals surface area (Å²) in [5, 5.41) is 62.9. The smallest absolute Gasteiger partial charge is 0.335 e. The van der Waals surface area contributed by atoms with Crippen molar-refractivity contribution in [3.63, 3.8) is 0 Å². The Balaban J connectivity index is 1.93. The molecule has 3 rings (SSSR count). The molecule has 2 aromatic rings. The van der Waals surface area contributed by atoms with E-state index in [0.29, 0.717) is 0 Å². The molecule has 5 atom stereocenters. The van der Waals surface area contributed by atoms with E-state index in [1.165, 1.54) is 21.9 Å². The van der Waals surface area contributed by atoms with Gasteiger partial charge in [-0.1, -0.05) is 18.2 Å². The Morgan fingerprint density at radius 3 is 2.12 bits per heavy atom. The monoisotopic (exact) mass is 470 g/mol. The van der Waals surface area contributed by atoms with Crippen LogP contribution in [0.5, 0.6) is 0 Å². The molecule has 1 aromatic heterocycles. The van der Waals surface area contributed by atoms with Crippen LogP contribution in [0.25, 0.3) is 0 Å². The molecule has 0 radical (unpaired) electrons. The average Bonchev–Trinajstić information content (AvgIpc) is 3.25. The quantitative estimate of drug-likeness (QED) is 0.419. The summed E-state index contributed by atoms with van der Waals surface area (Å²) in [5.74, 6) is -1.47. The largest absolute Gasteiger partial charge is 0.479 e. The number of aliphatic hydroxyl groups excluding tert-OH is 3. The van der Waals surface area contributed by atoms with Crippen LogP contribution in [-0.4, -0.2) is 60.6 Å². The number of hydrogen-bond donors (Lipinski definition) is 4. The molecule has 0 bridgehead atoms. The molecule has 1 saturated heterocycles. The predicted molar refractivity (Wildman–Crippen MR) is 115 cm³/mol. The predicted octanol–water partition coefficient (Wildman–Crippen LogP) is -0.114. The fraction of sp³-hybridized carbons (Fsp3) is 0.522. The molecular formula is C23H28N5O6+. The third-order valence-electron chi connectivity index (χ3n) is 6.07. The molecule has 180 valence electrons. The number of rotatable bonds is 6. The van der Waals surface area contributed by atoms with Crippen molar-refractivity contribution in [2.24, 2.45) is 0 Å². The summed E-state index contributed by atoms with van der Waals surface area (Å²) in [7, 11) is 0. The normalized spacial score (nSPS) is 25.4. The second kappa shape index (κ2) is 9.12. The van der Waals surface area contributed by atoms with E-state index in [9.17, 15) is 35.7 Å². The molecule has 2 heterocycles. The average molecular weight is 471 g/mol. The van der Waals surface area contributed by atoms with Gasteiger partial charge in [0, 0.05) is 5.10 Å². The molecular weight excluding hydrogens is 442 g/mol. The molecule has 1 fully saturated rings. The minimum Gasteiger partial charge on any atom is -0.479 e. The van der Waals surface area contributed by atoms with Crippen LogP contribution in [0.4, 0.5) is 0 Å². The van der Waals surface area contributed by atoms with Crippen molar-refractivity contribution < 1.29 is 34.5 Å². The summed E-state index contributed by atoms with van der Waals surface area (Å²) in [6, 6.07) is 10.1. The van der Waals surface area contributed by atoms with E-state index in [0.717, 1.165) is 16.7 Å². The number of ether oxygens (including phenoxy) is 1. The summed E-state index contributed by atoms with van der Waals surface area (Å²) >= 11 is 0. The Bertz CT molecular complexity index is 1120. The number of aliphatic carboxylic acids is 1. The molecule has 1 aliphatic rings. The van der Waals surface area contributed by atoms with Gasteiger partial charge in [0.1, 0.15) is 24.9 Å². The van der Waals surface area contributed by atoms with Gasteiger partial charge in [-0.05, 0) is 44.4 Å². The van der Waals surface area contributed by atoms with Crippen molar-refractivity contribution in [1.29, 1.82) is 10.5 Å². The first-order valence-corrected chi connectivity index (χ1v) is 10.6. The van der Waals surface area contributed by atoms with Crippen LogP contribution < -0.4 is 4.57 Å². The van der Waals surface area contributed by atoms with Crippen LogP contribution >= 0.6 is 0 Å². The van der Waals surface area contributed by atoms with Crippen LogP contribution in [0.15, 0.2) is 30.9 Å². The minimum atomic E-state index is -1.78.